The second-order valence-corrected chi connectivity index (χ2v) is 6.21. The first-order valence-electron chi connectivity index (χ1n) is 8.68. The minimum atomic E-state index is 0.624. The Hall–Kier alpha value is -3.35. The van der Waals surface area contributed by atoms with Crippen molar-refractivity contribution >= 4 is 17.2 Å². The molecule has 0 fully saturated rings. The van der Waals surface area contributed by atoms with Crippen LogP contribution in [0.25, 0.3) is 16.9 Å². The van der Waals surface area contributed by atoms with E-state index in [0.717, 1.165) is 35.4 Å². The number of hydrogen-bond donors (Lipinski definition) is 2. The van der Waals surface area contributed by atoms with Gasteiger partial charge >= 0.3 is 0 Å². The molecule has 7 heteroatoms. The van der Waals surface area contributed by atoms with Crippen LogP contribution >= 0.6 is 0 Å². The first-order chi connectivity index (χ1) is 12.7. The van der Waals surface area contributed by atoms with Gasteiger partial charge in [0.05, 0.1) is 17.6 Å². The van der Waals surface area contributed by atoms with Crippen molar-refractivity contribution in [1.82, 2.24) is 24.1 Å². The highest BCUT2D eigenvalue weighted by Gasteiger charge is 2.08. The highest BCUT2D eigenvalue weighted by molar-refractivity contribution is 5.68. The van der Waals surface area contributed by atoms with Crippen LogP contribution in [0.15, 0.2) is 55.2 Å². The van der Waals surface area contributed by atoms with Gasteiger partial charge < -0.3 is 15.5 Å². The zero-order valence-corrected chi connectivity index (χ0v) is 14.6. The van der Waals surface area contributed by atoms with E-state index >= 15 is 0 Å². The Morgan fingerprint density at radius 1 is 1.15 bits per heavy atom. The van der Waals surface area contributed by atoms with Crippen LogP contribution in [-0.2, 0) is 13.1 Å². The topological polar surface area (TPSA) is 86.1 Å². The largest absolute Gasteiger partial charge is 0.396 e. The number of aromatic nitrogens is 5. The summed E-state index contributed by atoms with van der Waals surface area (Å²) in [5, 5.41) is 7.70. The standard InChI is InChI=1S/C19H21N7/c1-2-8-26-13-15(11-23-26)17-5-4-16(20)19(24-17)22-10-14-3-6-18-21-7-9-25(18)12-14/h3-7,9,11-13H,2,8,10,20H2,1H3,(H,22,24). The van der Waals surface area contributed by atoms with E-state index in [0.29, 0.717) is 18.1 Å². The molecule has 0 bridgehead atoms. The normalized spacial score (nSPS) is 11.1. The van der Waals surface area contributed by atoms with Gasteiger partial charge in [-0.25, -0.2) is 9.97 Å². The van der Waals surface area contributed by atoms with Crippen LogP contribution in [0.5, 0.6) is 0 Å². The van der Waals surface area contributed by atoms with Gasteiger partial charge in [0.25, 0.3) is 0 Å². The molecule has 4 heterocycles. The SMILES string of the molecule is CCCn1cc(-c2ccc(N)c(NCc3ccc4nccn4c3)n2)cn1. The average molecular weight is 347 g/mol. The van der Waals surface area contributed by atoms with Crippen molar-refractivity contribution in [2.45, 2.75) is 26.4 Å². The van der Waals surface area contributed by atoms with E-state index in [4.69, 9.17) is 5.73 Å². The summed E-state index contributed by atoms with van der Waals surface area (Å²) < 4.78 is 3.92. The summed E-state index contributed by atoms with van der Waals surface area (Å²) in [6.45, 7) is 3.66. The lowest BCUT2D eigenvalue weighted by molar-refractivity contribution is 0.603. The lowest BCUT2D eigenvalue weighted by Gasteiger charge is -2.10. The molecule has 0 amide bonds. The van der Waals surface area contributed by atoms with E-state index in [1.807, 2.05) is 58.1 Å². The Kier molecular flexibility index (Phi) is 4.27. The van der Waals surface area contributed by atoms with Gasteiger partial charge in [0, 0.05) is 43.4 Å². The van der Waals surface area contributed by atoms with Crippen LogP contribution in [0.1, 0.15) is 18.9 Å². The smallest absolute Gasteiger partial charge is 0.150 e. The van der Waals surface area contributed by atoms with Crippen molar-refractivity contribution in [3.63, 3.8) is 0 Å². The van der Waals surface area contributed by atoms with Gasteiger partial charge in [-0.2, -0.15) is 5.10 Å². The number of fused-ring (bicyclic) bond motifs is 1. The summed E-state index contributed by atoms with van der Waals surface area (Å²) in [7, 11) is 0. The zero-order valence-electron chi connectivity index (χ0n) is 14.6. The lowest BCUT2D eigenvalue weighted by Crippen LogP contribution is -2.06. The third-order valence-corrected chi connectivity index (χ3v) is 4.22. The molecule has 0 aromatic carbocycles. The summed E-state index contributed by atoms with van der Waals surface area (Å²) in [5.74, 6) is 0.677. The predicted molar refractivity (Wildman–Crippen MR) is 103 cm³/mol. The average Bonchev–Trinajstić information content (AvgIpc) is 3.30. The van der Waals surface area contributed by atoms with Crippen LogP contribution < -0.4 is 11.1 Å². The number of nitrogens with two attached hydrogens (primary N) is 1. The van der Waals surface area contributed by atoms with Gasteiger partial charge in [0.15, 0.2) is 0 Å². The summed E-state index contributed by atoms with van der Waals surface area (Å²) in [6, 6.07) is 7.84. The molecule has 0 saturated carbocycles. The molecule has 4 rings (SSSR count). The van der Waals surface area contributed by atoms with Crippen LogP contribution in [-0.4, -0.2) is 24.1 Å². The molecule has 132 valence electrons. The van der Waals surface area contributed by atoms with Gasteiger partial charge in [-0.3, -0.25) is 4.68 Å². The van der Waals surface area contributed by atoms with Crippen molar-refractivity contribution in [2.24, 2.45) is 0 Å². The summed E-state index contributed by atoms with van der Waals surface area (Å²) in [6.07, 6.45) is 10.7. The number of hydrogen-bond acceptors (Lipinski definition) is 5. The van der Waals surface area contributed by atoms with Crippen molar-refractivity contribution < 1.29 is 0 Å². The molecule has 0 aliphatic carbocycles. The molecule has 4 aromatic rings. The highest BCUT2D eigenvalue weighted by atomic mass is 15.3. The second-order valence-electron chi connectivity index (χ2n) is 6.21. The molecule has 0 aliphatic rings. The third-order valence-electron chi connectivity index (χ3n) is 4.22. The van der Waals surface area contributed by atoms with Gasteiger partial charge in [-0.1, -0.05) is 13.0 Å². The maximum absolute atomic E-state index is 6.10. The molecule has 3 N–H and O–H groups in total. The van der Waals surface area contributed by atoms with Gasteiger partial charge in [0.2, 0.25) is 0 Å². The monoisotopic (exact) mass is 347 g/mol. The molecule has 0 spiro atoms. The molecule has 4 aromatic heterocycles. The number of imidazole rings is 1. The number of pyridine rings is 2. The fraction of sp³-hybridized carbons (Fsp3) is 0.211. The molecule has 7 nitrogen and oxygen atoms in total. The van der Waals surface area contributed by atoms with Crippen LogP contribution in [0, 0.1) is 0 Å². The third kappa shape index (κ3) is 3.23. The number of aryl methyl sites for hydroxylation is 1. The Morgan fingerprint density at radius 3 is 2.96 bits per heavy atom. The first kappa shape index (κ1) is 16.1. The van der Waals surface area contributed by atoms with Crippen LogP contribution in [0.4, 0.5) is 11.5 Å². The van der Waals surface area contributed by atoms with Crippen molar-refractivity contribution in [1.29, 1.82) is 0 Å². The molecule has 0 atom stereocenters. The van der Waals surface area contributed by atoms with E-state index < -0.39 is 0 Å². The Labute approximate surface area is 151 Å². The second kappa shape index (κ2) is 6.87. The van der Waals surface area contributed by atoms with E-state index in [1.165, 1.54) is 0 Å². The number of nitrogens with one attached hydrogen (secondary N) is 1. The molecule has 0 saturated heterocycles. The Morgan fingerprint density at radius 2 is 2.08 bits per heavy atom. The summed E-state index contributed by atoms with van der Waals surface area (Å²) in [5.41, 5.74) is 10.6. The van der Waals surface area contributed by atoms with Gasteiger partial charge in [0.1, 0.15) is 11.5 Å². The maximum atomic E-state index is 6.10. The zero-order chi connectivity index (χ0) is 17.9. The highest BCUT2D eigenvalue weighted by Crippen LogP contribution is 2.23. The molecule has 0 aliphatic heterocycles. The molecule has 0 unspecified atom stereocenters. The Balaban J connectivity index is 1.53. The van der Waals surface area contributed by atoms with Crippen LogP contribution in [0.3, 0.4) is 0 Å². The molecular formula is C19H21N7. The van der Waals surface area contributed by atoms with E-state index in [1.54, 1.807) is 6.20 Å². The van der Waals surface area contributed by atoms with Crippen molar-refractivity contribution in [3.8, 4) is 11.3 Å². The summed E-state index contributed by atoms with van der Waals surface area (Å²) in [4.78, 5) is 8.93. The molecule has 26 heavy (non-hydrogen) atoms. The number of anilines is 2. The minimum absolute atomic E-state index is 0.624. The van der Waals surface area contributed by atoms with Crippen molar-refractivity contribution in [3.05, 3.63) is 60.8 Å². The number of rotatable bonds is 6. The summed E-state index contributed by atoms with van der Waals surface area (Å²) >= 11 is 0. The van der Waals surface area contributed by atoms with Crippen molar-refractivity contribution in [2.75, 3.05) is 11.1 Å². The quantitative estimate of drug-likeness (QED) is 0.559. The van der Waals surface area contributed by atoms with Crippen LogP contribution in [0.2, 0.25) is 0 Å². The van der Waals surface area contributed by atoms with E-state index in [9.17, 15) is 0 Å². The first-order valence-corrected chi connectivity index (χ1v) is 8.68. The molecular weight excluding hydrogens is 326 g/mol. The van der Waals surface area contributed by atoms with Gasteiger partial charge in [-0.05, 0) is 30.2 Å². The van der Waals surface area contributed by atoms with Gasteiger partial charge in [-0.15, -0.1) is 0 Å². The maximum Gasteiger partial charge on any atom is 0.150 e. The molecule has 0 radical (unpaired) electrons. The fourth-order valence-electron chi connectivity index (χ4n) is 2.88. The van der Waals surface area contributed by atoms with E-state index in [2.05, 4.69) is 27.3 Å². The fourth-order valence-corrected chi connectivity index (χ4v) is 2.88. The minimum Gasteiger partial charge on any atom is -0.396 e. The van der Waals surface area contributed by atoms with E-state index in [-0.39, 0.29) is 0 Å². The predicted octanol–water partition coefficient (Wildman–Crippen LogP) is 3.20. The number of nitrogen functional groups attached to an aromatic ring is 1. The lowest BCUT2D eigenvalue weighted by atomic mass is 10.2. The number of nitrogens with zero attached hydrogens (tertiary/aromatic N) is 5. The Bertz CT molecular complexity index is 1030.